The van der Waals surface area contributed by atoms with E-state index in [1.54, 1.807) is 61.5 Å². The van der Waals surface area contributed by atoms with Gasteiger partial charge in [0, 0.05) is 5.56 Å². The number of hydrazone groups is 1. The Kier molecular flexibility index (Phi) is 5.67. The van der Waals surface area contributed by atoms with Crippen molar-refractivity contribution in [2.45, 2.75) is 6.92 Å². The van der Waals surface area contributed by atoms with E-state index in [4.69, 9.17) is 32.4 Å². The highest BCUT2D eigenvalue weighted by Gasteiger charge is 2.29. The Labute approximate surface area is 188 Å². The van der Waals surface area contributed by atoms with Crippen LogP contribution in [-0.2, 0) is 9.53 Å². The van der Waals surface area contributed by atoms with Crippen LogP contribution in [0, 0.1) is 0 Å². The maximum Gasteiger partial charge on any atom is 0.337 e. The molecule has 2 aromatic carbocycles. The number of anilines is 1. The monoisotopic (exact) mass is 454 g/mol. The maximum atomic E-state index is 12.9. The normalized spacial score (nSPS) is 14.8. The van der Waals surface area contributed by atoms with Crippen LogP contribution in [0.2, 0.25) is 10.0 Å². The Morgan fingerprint density at radius 2 is 1.90 bits per heavy atom. The second-order valence-corrected chi connectivity index (χ2v) is 7.55. The fourth-order valence-electron chi connectivity index (χ4n) is 3.12. The van der Waals surface area contributed by atoms with E-state index in [2.05, 4.69) is 5.10 Å². The molecule has 0 unspecified atom stereocenters. The second kappa shape index (κ2) is 8.41. The van der Waals surface area contributed by atoms with Crippen molar-refractivity contribution in [2.24, 2.45) is 5.10 Å². The van der Waals surface area contributed by atoms with Crippen molar-refractivity contribution in [3.05, 3.63) is 81.5 Å². The van der Waals surface area contributed by atoms with E-state index >= 15 is 0 Å². The molecule has 1 aromatic heterocycles. The van der Waals surface area contributed by atoms with E-state index in [-0.39, 0.29) is 5.91 Å². The molecule has 0 atom stereocenters. The average molecular weight is 455 g/mol. The molecule has 0 saturated carbocycles. The van der Waals surface area contributed by atoms with Crippen LogP contribution in [-0.4, -0.2) is 24.7 Å². The number of carbonyl (C=O) groups excluding carboxylic acids is 2. The van der Waals surface area contributed by atoms with Gasteiger partial charge < -0.3 is 9.15 Å². The van der Waals surface area contributed by atoms with E-state index in [1.807, 2.05) is 6.07 Å². The first-order valence-corrected chi connectivity index (χ1v) is 9.98. The largest absolute Gasteiger partial charge is 0.465 e. The van der Waals surface area contributed by atoms with E-state index in [0.29, 0.717) is 49.7 Å². The van der Waals surface area contributed by atoms with Crippen LogP contribution in [0.4, 0.5) is 5.69 Å². The molecule has 1 amide bonds. The number of carbonyl (C=O) groups is 2. The van der Waals surface area contributed by atoms with E-state index in [9.17, 15) is 9.59 Å². The van der Waals surface area contributed by atoms with Crippen LogP contribution in [0.3, 0.4) is 0 Å². The van der Waals surface area contributed by atoms with Gasteiger partial charge in [-0.3, -0.25) is 4.79 Å². The summed E-state index contributed by atoms with van der Waals surface area (Å²) < 4.78 is 10.6. The van der Waals surface area contributed by atoms with Gasteiger partial charge in [-0.15, -0.1) is 0 Å². The predicted octanol–water partition coefficient (Wildman–Crippen LogP) is 5.85. The second-order valence-electron chi connectivity index (χ2n) is 6.73. The number of halogens is 2. The minimum Gasteiger partial charge on any atom is -0.465 e. The zero-order chi connectivity index (χ0) is 22.1. The summed E-state index contributed by atoms with van der Waals surface area (Å²) in [5.74, 6) is 0.300. The van der Waals surface area contributed by atoms with Gasteiger partial charge in [0.2, 0.25) is 0 Å². The minimum absolute atomic E-state index is 0.304. The molecule has 1 aliphatic heterocycles. The summed E-state index contributed by atoms with van der Waals surface area (Å²) in [7, 11) is 1.33. The zero-order valence-corrected chi connectivity index (χ0v) is 18.1. The van der Waals surface area contributed by atoms with Crippen LogP contribution in [0.1, 0.15) is 23.0 Å². The number of hydrogen-bond acceptors (Lipinski definition) is 5. The minimum atomic E-state index is -0.429. The third kappa shape index (κ3) is 4.13. The quantitative estimate of drug-likeness (QED) is 0.366. The van der Waals surface area contributed by atoms with Crippen LogP contribution in [0.15, 0.2) is 69.7 Å². The van der Waals surface area contributed by atoms with Crippen molar-refractivity contribution in [1.82, 2.24) is 0 Å². The molecule has 156 valence electrons. The molecular weight excluding hydrogens is 439 g/mol. The first-order chi connectivity index (χ1) is 14.9. The first kappa shape index (κ1) is 20.9. The number of esters is 1. The van der Waals surface area contributed by atoms with E-state index < -0.39 is 5.97 Å². The number of furan rings is 1. The SMILES string of the molecule is COC(=O)c1cccc(-c2ccc(/C=C3/C(=O)N(c4ccc(Cl)c(Cl)c4)N=C3C)o2)c1. The lowest BCUT2D eigenvalue weighted by Crippen LogP contribution is -2.21. The van der Waals surface area contributed by atoms with Crippen molar-refractivity contribution < 1.29 is 18.7 Å². The molecule has 0 radical (unpaired) electrons. The van der Waals surface area contributed by atoms with Crippen molar-refractivity contribution >= 4 is 52.6 Å². The van der Waals surface area contributed by atoms with Crippen molar-refractivity contribution in [2.75, 3.05) is 12.1 Å². The van der Waals surface area contributed by atoms with Crippen molar-refractivity contribution in [3.8, 4) is 11.3 Å². The lowest BCUT2D eigenvalue weighted by Gasteiger charge is -2.12. The number of rotatable bonds is 4. The summed E-state index contributed by atoms with van der Waals surface area (Å²) in [6.07, 6.45) is 1.63. The molecule has 1 aliphatic rings. The highest BCUT2D eigenvalue weighted by molar-refractivity contribution is 6.42. The molecule has 6 nitrogen and oxygen atoms in total. The van der Waals surface area contributed by atoms with Crippen LogP contribution < -0.4 is 5.01 Å². The van der Waals surface area contributed by atoms with Gasteiger partial charge in [0.05, 0.1) is 39.7 Å². The Morgan fingerprint density at radius 1 is 1.10 bits per heavy atom. The predicted molar refractivity (Wildman–Crippen MR) is 121 cm³/mol. The van der Waals surface area contributed by atoms with Crippen molar-refractivity contribution in [3.63, 3.8) is 0 Å². The average Bonchev–Trinajstić information content (AvgIpc) is 3.35. The fraction of sp³-hybridized carbons (Fsp3) is 0.0870. The summed E-state index contributed by atoms with van der Waals surface area (Å²) in [4.78, 5) is 24.7. The molecule has 0 spiro atoms. The Hall–Kier alpha value is -3.35. The molecule has 4 rings (SSSR count). The number of ether oxygens (including phenoxy) is 1. The molecule has 0 saturated heterocycles. The molecular formula is C23H16Cl2N2O4. The molecule has 8 heteroatoms. The lowest BCUT2D eigenvalue weighted by molar-refractivity contribution is -0.114. The number of amides is 1. The summed E-state index contributed by atoms with van der Waals surface area (Å²) in [5.41, 5.74) is 2.59. The first-order valence-electron chi connectivity index (χ1n) is 9.23. The molecule has 31 heavy (non-hydrogen) atoms. The summed E-state index contributed by atoms with van der Waals surface area (Å²) in [6.45, 7) is 1.74. The summed E-state index contributed by atoms with van der Waals surface area (Å²) in [6, 6.07) is 15.3. The number of methoxy groups -OCH3 is 1. The van der Waals surface area contributed by atoms with Crippen molar-refractivity contribution in [1.29, 1.82) is 0 Å². The molecule has 0 bridgehead atoms. The smallest absolute Gasteiger partial charge is 0.337 e. The third-order valence-corrected chi connectivity index (χ3v) is 5.43. The third-order valence-electron chi connectivity index (χ3n) is 4.69. The highest BCUT2D eigenvalue weighted by Crippen LogP contribution is 2.31. The summed E-state index contributed by atoms with van der Waals surface area (Å²) in [5, 5.41) is 6.33. The number of benzene rings is 2. The van der Waals surface area contributed by atoms with Gasteiger partial charge >= 0.3 is 5.97 Å². The van der Waals surface area contributed by atoms with Crippen LogP contribution in [0.25, 0.3) is 17.4 Å². The van der Waals surface area contributed by atoms with Crippen LogP contribution >= 0.6 is 23.2 Å². The number of hydrogen-bond donors (Lipinski definition) is 0. The topological polar surface area (TPSA) is 72.1 Å². The molecule has 2 heterocycles. The Morgan fingerprint density at radius 3 is 2.65 bits per heavy atom. The van der Waals surface area contributed by atoms with Crippen LogP contribution in [0.5, 0.6) is 0 Å². The van der Waals surface area contributed by atoms with E-state index in [1.165, 1.54) is 12.1 Å². The molecule has 3 aromatic rings. The summed E-state index contributed by atoms with van der Waals surface area (Å²) >= 11 is 12.0. The maximum absolute atomic E-state index is 12.9. The van der Waals surface area contributed by atoms with Gasteiger partial charge in [-0.2, -0.15) is 10.1 Å². The highest BCUT2D eigenvalue weighted by atomic mass is 35.5. The molecule has 0 aliphatic carbocycles. The van der Waals surface area contributed by atoms with Gasteiger partial charge in [0.25, 0.3) is 5.91 Å². The molecule has 0 N–H and O–H groups in total. The van der Waals surface area contributed by atoms with Gasteiger partial charge in [0.1, 0.15) is 11.5 Å². The zero-order valence-electron chi connectivity index (χ0n) is 16.6. The fourth-order valence-corrected chi connectivity index (χ4v) is 3.41. The standard InChI is InChI=1S/C23H16Cl2N2O4/c1-13-18(22(28)27(26-13)16-6-8-19(24)20(25)11-16)12-17-7-9-21(31-17)14-4-3-5-15(10-14)23(29)30-2/h3-12H,1-2H3/b18-12+. The number of nitrogens with zero attached hydrogens (tertiary/aromatic N) is 2. The van der Waals surface area contributed by atoms with Gasteiger partial charge in [-0.25, -0.2) is 4.79 Å². The van der Waals surface area contributed by atoms with Gasteiger partial charge in [0.15, 0.2) is 0 Å². The lowest BCUT2D eigenvalue weighted by atomic mass is 10.1. The van der Waals surface area contributed by atoms with E-state index in [0.717, 1.165) is 0 Å². The van der Waals surface area contributed by atoms with Gasteiger partial charge in [-0.1, -0.05) is 35.3 Å². The Balaban J connectivity index is 1.61. The molecule has 0 fully saturated rings. The van der Waals surface area contributed by atoms with Gasteiger partial charge in [-0.05, 0) is 55.5 Å². The Bertz CT molecular complexity index is 1260.